The van der Waals surface area contributed by atoms with Gasteiger partial charge in [0.2, 0.25) is 5.91 Å². The van der Waals surface area contributed by atoms with Crippen LogP contribution >= 0.6 is 0 Å². The number of carbonyl (C=O) groups excluding carboxylic acids is 3. The number of aromatic nitrogens is 3. The van der Waals surface area contributed by atoms with E-state index in [0.717, 1.165) is 25.2 Å². The molecule has 0 radical (unpaired) electrons. The molecule has 2 aliphatic rings. The highest BCUT2D eigenvalue weighted by Crippen LogP contribution is 2.42. The first-order valence-corrected chi connectivity index (χ1v) is 23.5. The third-order valence-electron chi connectivity index (χ3n) is 13.0. The highest BCUT2D eigenvalue weighted by atomic mass is 19.4. The van der Waals surface area contributed by atoms with Crippen molar-refractivity contribution in [1.29, 1.82) is 0 Å². The van der Waals surface area contributed by atoms with Crippen LogP contribution in [0.15, 0.2) is 67.0 Å². The summed E-state index contributed by atoms with van der Waals surface area (Å²) in [6, 6.07) is 5.21. The van der Waals surface area contributed by atoms with Crippen LogP contribution in [0.5, 0.6) is 0 Å². The maximum Gasteiger partial charge on any atom is 0.407 e. The van der Waals surface area contributed by atoms with Gasteiger partial charge < -0.3 is 45.9 Å². The molecule has 2 fully saturated rings. The maximum absolute atomic E-state index is 16.0. The highest BCUT2D eigenvalue weighted by Gasteiger charge is 2.57. The van der Waals surface area contributed by atoms with Gasteiger partial charge in [-0.1, -0.05) is 24.0 Å². The van der Waals surface area contributed by atoms with Crippen molar-refractivity contribution < 1.29 is 82.8 Å². The summed E-state index contributed by atoms with van der Waals surface area (Å²) in [5.41, 5.74) is -4.73. The van der Waals surface area contributed by atoms with Gasteiger partial charge >= 0.3 is 31.1 Å². The van der Waals surface area contributed by atoms with E-state index < -0.39 is 115 Å². The molecule has 7 N–H and O–H groups in total. The van der Waals surface area contributed by atoms with Gasteiger partial charge in [-0.2, -0.15) is 40.2 Å². The van der Waals surface area contributed by atoms with Crippen LogP contribution in [0.4, 0.5) is 59.3 Å². The Bertz CT molecular complexity index is 2770. The molecule has 6 rings (SSSR count). The summed E-state index contributed by atoms with van der Waals surface area (Å²) >= 11 is 0. The lowest BCUT2D eigenvalue weighted by Gasteiger charge is -2.42. The summed E-state index contributed by atoms with van der Waals surface area (Å²) in [5.74, 6) is 0.469. The van der Waals surface area contributed by atoms with E-state index in [0.29, 0.717) is 82.3 Å². The first-order chi connectivity index (χ1) is 36.0. The number of fused-ring (bicyclic) bond motifs is 2. The summed E-state index contributed by atoms with van der Waals surface area (Å²) in [7, 11) is 0.807. The van der Waals surface area contributed by atoms with Crippen LogP contribution in [0, 0.1) is 34.3 Å². The van der Waals surface area contributed by atoms with Gasteiger partial charge in [-0.15, -0.1) is 0 Å². The summed E-state index contributed by atoms with van der Waals surface area (Å²) in [5, 5.41) is 34.5. The topological polar surface area (TPSA) is 225 Å². The largest absolute Gasteiger partial charge is 0.465 e. The number of aliphatic hydroxyl groups excluding tert-OH is 1. The quantitative estimate of drug-likeness (QED) is 0.0364. The number of pyridine rings is 1. The minimum Gasteiger partial charge on any atom is -0.465 e. The van der Waals surface area contributed by atoms with Crippen molar-refractivity contribution in [2.45, 2.75) is 95.9 Å². The van der Waals surface area contributed by atoms with Crippen molar-refractivity contribution >= 4 is 29.8 Å². The number of hydrogen-bond donors (Lipinski definition) is 7. The molecule has 18 nitrogen and oxygen atoms in total. The van der Waals surface area contributed by atoms with Gasteiger partial charge in [-0.25, -0.2) is 33.0 Å². The van der Waals surface area contributed by atoms with Crippen molar-refractivity contribution in [1.82, 2.24) is 46.5 Å². The summed E-state index contributed by atoms with van der Waals surface area (Å²) in [6.07, 6.45) is -14.3. The smallest absolute Gasteiger partial charge is 0.407 e. The number of piperazine rings is 1. The second kappa shape index (κ2) is 24.0. The third-order valence-corrected chi connectivity index (χ3v) is 13.0. The minimum absolute atomic E-state index is 0.160. The van der Waals surface area contributed by atoms with Gasteiger partial charge in [0.25, 0.3) is 5.91 Å². The number of carbonyl (C=O) groups is 4. The fourth-order valence-electron chi connectivity index (χ4n) is 8.30. The Labute approximate surface area is 433 Å². The summed E-state index contributed by atoms with van der Waals surface area (Å²) in [6.45, 7) is -0.827. The Balaban J connectivity index is 1.33. The van der Waals surface area contributed by atoms with Gasteiger partial charge in [-0.3, -0.25) is 15.0 Å². The molecular weight excluding hydrogens is 1050 g/mol. The monoisotopic (exact) mass is 1100 g/mol. The molecule has 2 bridgehead atoms. The van der Waals surface area contributed by atoms with Crippen molar-refractivity contribution in [2.24, 2.45) is 10.8 Å². The van der Waals surface area contributed by atoms with E-state index in [4.69, 9.17) is 4.74 Å². The van der Waals surface area contributed by atoms with E-state index in [2.05, 4.69) is 42.2 Å². The molecule has 2 aromatic heterocycles. The van der Waals surface area contributed by atoms with Gasteiger partial charge in [0.15, 0.2) is 0 Å². The molecule has 4 amide bonds. The molecule has 0 saturated carbocycles. The van der Waals surface area contributed by atoms with E-state index in [-0.39, 0.29) is 33.6 Å². The molecule has 418 valence electrons. The predicted octanol–water partition coefficient (Wildman–Crippen LogP) is 5.65. The third kappa shape index (κ3) is 14.6. The van der Waals surface area contributed by atoms with Gasteiger partial charge in [0, 0.05) is 72.9 Å². The number of alkyl halides is 8. The highest BCUT2D eigenvalue weighted by molar-refractivity contribution is 5.87. The molecule has 2 aromatic carbocycles. The summed E-state index contributed by atoms with van der Waals surface area (Å²) < 4.78 is 155. The first kappa shape index (κ1) is 59.0. The van der Waals surface area contributed by atoms with Crippen LogP contribution in [0.1, 0.15) is 56.5 Å². The van der Waals surface area contributed by atoms with E-state index in [1.807, 2.05) is 16.8 Å². The number of halogens is 10. The molecule has 4 aromatic rings. The van der Waals surface area contributed by atoms with Gasteiger partial charge in [-0.05, 0) is 82.1 Å². The Morgan fingerprint density at radius 1 is 0.844 bits per heavy atom. The van der Waals surface area contributed by atoms with Crippen LogP contribution in [0.2, 0.25) is 0 Å². The second-order valence-electron chi connectivity index (χ2n) is 19.4. The average Bonchev–Trinajstić information content (AvgIpc) is 3.86. The van der Waals surface area contributed by atoms with Crippen LogP contribution in [0.25, 0.3) is 11.3 Å². The van der Waals surface area contributed by atoms with Crippen LogP contribution in [-0.2, 0) is 32.0 Å². The number of hydrazine groups is 1. The lowest BCUT2D eigenvalue weighted by Crippen LogP contribution is -2.63. The van der Waals surface area contributed by atoms with Crippen LogP contribution < -0.4 is 31.6 Å². The average molecular weight is 1100 g/mol. The molecule has 0 aliphatic carbocycles. The molecule has 28 heteroatoms. The number of nitrogens with one attached hydrogen (secondary N) is 5. The van der Waals surface area contributed by atoms with Gasteiger partial charge in [0.05, 0.1) is 49.0 Å². The number of alkyl carbamates (subject to hydrolysis) is 1. The molecule has 77 heavy (non-hydrogen) atoms. The lowest BCUT2D eigenvalue weighted by atomic mass is 9.82. The molecular formula is C49H54F10N10O8. The SMILES string of the molecule is COC(=O)NC(C(=O)NC(Cc1ccc(C#Cc2ccc(N3CC4COCC(C3)N4)nc2)cc1)C(O)CN(Cc1c(F)cc(-c2ccn(C(F)F)n2)cc1F)NC(=O)C(NC(=O)O)C(C)(C)C(F)(F)F)C(C)(C)C(F)(F)F. The normalized spacial score (nSPS) is 17.6. The number of benzene rings is 2. The molecule has 2 aliphatic heterocycles. The van der Waals surface area contributed by atoms with E-state index in [1.165, 1.54) is 29.6 Å². The van der Waals surface area contributed by atoms with Crippen LogP contribution in [0.3, 0.4) is 0 Å². The number of anilines is 1. The van der Waals surface area contributed by atoms with Gasteiger partial charge in [0.1, 0.15) is 29.5 Å². The number of aliphatic hydroxyl groups is 1. The number of morpholine rings is 1. The van der Waals surface area contributed by atoms with Crippen molar-refractivity contribution in [3.8, 4) is 23.1 Å². The first-order valence-electron chi connectivity index (χ1n) is 23.5. The zero-order chi connectivity index (χ0) is 56.8. The standard InChI is InChI=1S/C49H54F10N10O8/c1-46(2,48(54,55)56)39(64-45(75)76-5)41(71)62-36(16-27-9-6-26(7-10-27)8-11-28-12-13-38(60-19-28)67-20-30-24-77-25-31(21-67)61-30)37(70)23-68(66-42(72)40(63-44(73)74)47(3,4)49(57,58)59)22-32-33(50)17-29(18-34(32)51)35-14-15-69(65-35)43(52)53/h6-7,9-10,12-15,17-19,30-31,36-37,39-40,43,61,63,70H,16,20-25H2,1-5H3,(H,62,71)(H,64,75)(H,66,72)(H,73,74). The molecule has 6 atom stereocenters. The van der Waals surface area contributed by atoms with E-state index >= 15 is 8.78 Å². The number of rotatable bonds is 18. The number of methoxy groups -OCH3 is 1. The number of nitrogens with zero attached hydrogens (tertiary/aromatic N) is 5. The van der Waals surface area contributed by atoms with E-state index in [9.17, 15) is 64.5 Å². The van der Waals surface area contributed by atoms with Crippen molar-refractivity contribution in [2.75, 3.05) is 44.9 Å². The Morgan fingerprint density at radius 2 is 1.42 bits per heavy atom. The molecule has 0 spiro atoms. The lowest BCUT2D eigenvalue weighted by molar-refractivity contribution is -0.221. The number of hydrogen-bond acceptors (Lipinski definition) is 12. The molecule has 6 unspecified atom stereocenters. The molecule has 2 saturated heterocycles. The van der Waals surface area contributed by atoms with Crippen molar-refractivity contribution in [3.05, 3.63) is 101 Å². The predicted molar refractivity (Wildman–Crippen MR) is 253 cm³/mol. The number of carboxylic acid groups (broad SMARTS) is 1. The maximum atomic E-state index is 16.0. The fourth-order valence-corrected chi connectivity index (χ4v) is 8.30. The Morgan fingerprint density at radius 3 is 1.94 bits per heavy atom. The summed E-state index contributed by atoms with van der Waals surface area (Å²) in [4.78, 5) is 58.6. The zero-order valence-electron chi connectivity index (χ0n) is 41.7. The Hall–Kier alpha value is -7.22. The number of ether oxygens (including phenoxy) is 2. The minimum atomic E-state index is -5.29. The van der Waals surface area contributed by atoms with E-state index in [1.54, 1.807) is 12.3 Å². The molecule has 4 heterocycles. The number of amides is 4. The Kier molecular flexibility index (Phi) is 18.4. The van der Waals surface area contributed by atoms with Crippen LogP contribution in [-0.4, -0.2) is 143 Å². The second-order valence-corrected chi connectivity index (χ2v) is 19.4. The van der Waals surface area contributed by atoms with Crippen molar-refractivity contribution in [3.63, 3.8) is 0 Å². The fraction of sp³-hybridized carbons (Fsp3) is 0.469. The zero-order valence-corrected chi connectivity index (χ0v) is 41.7.